The molecule has 0 bridgehead atoms. The van der Waals surface area contributed by atoms with E-state index in [1.54, 1.807) is 0 Å². The van der Waals surface area contributed by atoms with Crippen molar-refractivity contribution < 1.29 is 37.3 Å². The molecule has 0 saturated heterocycles. The van der Waals surface area contributed by atoms with Gasteiger partial charge in [0.2, 0.25) is 0 Å². The molecule has 7 nitrogen and oxygen atoms in total. The van der Waals surface area contributed by atoms with Crippen LogP contribution in [0, 0.1) is 0 Å². The topological polar surface area (TPSA) is 96.9 Å². The molecule has 2 amide bonds. The number of benzene rings is 2. The normalized spacial score (nSPS) is 13.2. The number of halogens is 5. The molecule has 31 heavy (non-hydrogen) atoms. The van der Waals surface area contributed by atoms with Gasteiger partial charge in [-0.1, -0.05) is 29.3 Å². The van der Waals surface area contributed by atoms with Crippen LogP contribution in [0.3, 0.4) is 0 Å². The quantitative estimate of drug-likeness (QED) is 0.507. The van der Waals surface area contributed by atoms with Crippen molar-refractivity contribution in [1.82, 2.24) is 0 Å². The molecule has 0 radical (unpaired) electrons. The van der Waals surface area contributed by atoms with Crippen LogP contribution in [-0.2, 0) is 15.1 Å². The molecule has 0 saturated carbocycles. The third-order valence-electron chi connectivity index (χ3n) is 4.03. The van der Waals surface area contributed by atoms with Crippen LogP contribution in [0.15, 0.2) is 36.4 Å². The van der Waals surface area contributed by atoms with Crippen LogP contribution in [0.25, 0.3) is 0 Å². The third kappa shape index (κ3) is 5.33. The number of ether oxygens (including phenoxy) is 2. The Labute approximate surface area is 185 Å². The maximum absolute atomic E-state index is 13.5. The van der Waals surface area contributed by atoms with E-state index in [1.165, 1.54) is 25.1 Å². The first-order valence-electron chi connectivity index (χ1n) is 8.62. The number of methoxy groups -OCH3 is 1. The van der Waals surface area contributed by atoms with Crippen LogP contribution in [0.4, 0.5) is 29.3 Å². The highest BCUT2D eigenvalue weighted by atomic mass is 35.5. The Balaban J connectivity index is 2.32. The Bertz CT molecular complexity index is 988. The molecule has 2 aromatic rings. The molecular formula is C19H17Cl2F3N2O5. The van der Waals surface area contributed by atoms with E-state index in [9.17, 15) is 27.9 Å². The molecule has 0 fully saturated rings. The molecule has 0 aliphatic heterocycles. The van der Waals surface area contributed by atoms with Crippen molar-refractivity contribution in [3.63, 3.8) is 0 Å². The summed E-state index contributed by atoms with van der Waals surface area (Å²) in [5.74, 6) is -2.13. The number of rotatable bonds is 6. The molecular weight excluding hydrogens is 464 g/mol. The molecule has 0 aromatic heterocycles. The number of anilines is 2. The van der Waals surface area contributed by atoms with Crippen LogP contribution >= 0.6 is 23.2 Å². The highest BCUT2D eigenvalue weighted by molar-refractivity contribution is 6.42. The average Bonchev–Trinajstić information content (AvgIpc) is 2.69. The number of carbonyl (C=O) groups is 2. The van der Waals surface area contributed by atoms with Gasteiger partial charge in [-0.15, -0.1) is 0 Å². The third-order valence-corrected chi connectivity index (χ3v) is 4.77. The van der Waals surface area contributed by atoms with Gasteiger partial charge in [0.05, 0.1) is 29.4 Å². The van der Waals surface area contributed by atoms with E-state index in [1.807, 2.05) is 0 Å². The van der Waals surface area contributed by atoms with E-state index in [2.05, 4.69) is 15.4 Å². The van der Waals surface area contributed by atoms with Crippen molar-refractivity contribution in [2.75, 3.05) is 24.4 Å². The van der Waals surface area contributed by atoms with Crippen molar-refractivity contribution >= 4 is 46.6 Å². The zero-order chi connectivity index (χ0) is 23.4. The van der Waals surface area contributed by atoms with Crippen LogP contribution < -0.4 is 15.4 Å². The molecule has 0 heterocycles. The second-order valence-electron chi connectivity index (χ2n) is 6.05. The summed E-state index contributed by atoms with van der Waals surface area (Å²) in [5, 5.41) is 15.5. The maximum atomic E-state index is 13.5. The van der Waals surface area contributed by atoms with E-state index < -0.39 is 29.3 Å². The van der Waals surface area contributed by atoms with E-state index in [-0.39, 0.29) is 28.1 Å². The second kappa shape index (κ2) is 9.63. The van der Waals surface area contributed by atoms with Crippen LogP contribution in [-0.4, -0.2) is 37.0 Å². The van der Waals surface area contributed by atoms with E-state index >= 15 is 0 Å². The number of carbonyl (C=O) groups excluding carboxylic acids is 2. The van der Waals surface area contributed by atoms with Crippen LogP contribution in [0.5, 0.6) is 5.75 Å². The fraction of sp³-hybridized carbons (Fsp3) is 0.263. The molecule has 1 atom stereocenters. The summed E-state index contributed by atoms with van der Waals surface area (Å²) in [7, 11) is 1.14. The minimum atomic E-state index is -5.37. The fourth-order valence-corrected chi connectivity index (χ4v) is 2.81. The first-order valence-corrected chi connectivity index (χ1v) is 9.37. The number of aliphatic hydroxyl groups is 1. The van der Waals surface area contributed by atoms with Crippen molar-refractivity contribution in [3.8, 4) is 5.75 Å². The lowest BCUT2D eigenvalue weighted by molar-refractivity contribution is -0.267. The maximum Gasteiger partial charge on any atom is 0.432 e. The Morgan fingerprint density at radius 1 is 1.06 bits per heavy atom. The SMILES string of the molecule is CCOC(=O)C(O)(c1ccc(NC(=O)Nc2ccc(Cl)c(Cl)c2)c(OC)c1)C(F)(F)F. The molecule has 0 aliphatic carbocycles. The summed E-state index contributed by atoms with van der Waals surface area (Å²) >= 11 is 11.7. The van der Waals surface area contributed by atoms with E-state index in [0.717, 1.165) is 25.3 Å². The number of nitrogens with one attached hydrogen (secondary N) is 2. The first-order chi connectivity index (χ1) is 14.4. The van der Waals surface area contributed by atoms with Gasteiger partial charge in [0, 0.05) is 11.3 Å². The van der Waals surface area contributed by atoms with E-state index in [0.29, 0.717) is 5.69 Å². The zero-order valence-corrected chi connectivity index (χ0v) is 17.7. The van der Waals surface area contributed by atoms with Gasteiger partial charge in [0.25, 0.3) is 5.60 Å². The van der Waals surface area contributed by atoms with Crippen molar-refractivity contribution in [2.24, 2.45) is 0 Å². The monoisotopic (exact) mass is 480 g/mol. The van der Waals surface area contributed by atoms with Crippen molar-refractivity contribution in [2.45, 2.75) is 18.7 Å². The molecule has 1 unspecified atom stereocenters. The highest BCUT2D eigenvalue weighted by Gasteiger charge is 2.62. The molecule has 0 aliphatic rings. The standard InChI is InChI=1S/C19H17Cl2F3N2O5/c1-3-31-16(27)18(29,19(22,23)24)10-4-7-14(15(8-10)30-2)26-17(28)25-11-5-6-12(20)13(21)9-11/h4-9,29H,3H2,1-2H3,(H2,25,26,28). The number of hydrogen-bond donors (Lipinski definition) is 3. The smallest absolute Gasteiger partial charge is 0.432 e. The van der Waals surface area contributed by atoms with Crippen LogP contribution in [0.2, 0.25) is 10.0 Å². The molecule has 168 valence electrons. The fourth-order valence-electron chi connectivity index (χ4n) is 2.51. The summed E-state index contributed by atoms with van der Waals surface area (Å²) in [5.41, 5.74) is -4.49. The second-order valence-corrected chi connectivity index (χ2v) is 6.87. The number of esters is 1. The lowest BCUT2D eigenvalue weighted by Gasteiger charge is -2.29. The van der Waals surface area contributed by atoms with Crippen molar-refractivity contribution in [1.29, 1.82) is 0 Å². The minimum Gasteiger partial charge on any atom is -0.495 e. The lowest BCUT2D eigenvalue weighted by Crippen LogP contribution is -2.50. The summed E-state index contributed by atoms with van der Waals surface area (Å²) in [6.07, 6.45) is -5.37. The largest absolute Gasteiger partial charge is 0.495 e. The summed E-state index contributed by atoms with van der Waals surface area (Å²) in [6, 6.07) is 6.21. The lowest BCUT2D eigenvalue weighted by atomic mass is 9.92. The predicted molar refractivity (Wildman–Crippen MR) is 109 cm³/mol. The van der Waals surface area contributed by atoms with Gasteiger partial charge in [0.15, 0.2) is 0 Å². The van der Waals surface area contributed by atoms with Gasteiger partial charge < -0.3 is 25.2 Å². The number of hydrogen-bond acceptors (Lipinski definition) is 5. The van der Waals surface area contributed by atoms with Gasteiger partial charge in [-0.25, -0.2) is 9.59 Å². The Morgan fingerprint density at radius 2 is 1.74 bits per heavy atom. The number of alkyl halides is 3. The van der Waals surface area contributed by atoms with Gasteiger partial charge in [-0.3, -0.25) is 0 Å². The Kier molecular flexibility index (Phi) is 7.63. The Morgan fingerprint density at radius 3 is 2.29 bits per heavy atom. The van der Waals surface area contributed by atoms with Gasteiger partial charge in [-0.05, 0) is 37.3 Å². The first kappa shape index (κ1) is 24.6. The summed E-state index contributed by atoms with van der Waals surface area (Å²) in [4.78, 5) is 24.1. The zero-order valence-electron chi connectivity index (χ0n) is 16.1. The molecule has 0 spiro atoms. The van der Waals surface area contributed by atoms with Gasteiger partial charge in [-0.2, -0.15) is 13.2 Å². The average molecular weight is 481 g/mol. The van der Waals surface area contributed by atoms with Crippen LogP contribution in [0.1, 0.15) is 12.5 Å². The molecule has 2 rings (SSSR count). The summed E-state index contributed by atoms with van der Waals surface area (Å²) < 4.78 is 50.0. The molecule has 3 N–H and O–H groups in total. The Hall–Kier alpha value is -2.69. The van der Waals surface area contributed by atoms with E-state index in [4.69, 9.17) is 27.9 Å². The molecule has 12 heteroatoms. The number of amides is 2. The van der Waals surface area contributed by atoms with Crippen molar-refractivity contribution in [3.05, 3.63) is 52.0 Å². The predicted octanol–water partition coefficient (Wildman–Crippen LogP) is 4.96. The summed E-state index contributed by atoms with van der Waals surface area (Å²) in [6.45, 7) is 0.928. The highest BCUT2D eigenvalue weighted by Crippen LogP contribution is 2.42. The molecule has 2 aromatic carbocycles. The van der Waals surface area contributed by atoms with Gasteiger partial charge in [0.1, 0.15) is 5.75 Å². The number of urea groups is 1. The minimum absolute atomic E-state index is 0.0304. The van der Waals surface area contributed by atoms with Gasteiger partial charge >= 0.3 is 18.2 Å².